The molecule has 9 heteroatoms. The first-order valence-electron chi connectivity index (χ1n) is 10.6. The predicted molar refractivity (Wildman–Crippen MR) is 132 cm³/mol. The average molecular weight is 640 g/mol. The maximum Gasteiger partial charge on any atom is 0.233 e. The number of hydrogen-bond acceptors (Lipinski definition) is 3. The van der Waals surface area contributed by atoms with Crippen molar-refractivity contribution in [3.8, 4) is 0 Å². The Morgan fingerprint density at radius 3 is 2.32 bits per heavy atom. The van der Waals surface area contributed by atoms with Gasteiger partial charge in [0, 0.05) is 32.8 Å². The third-order valence-electron chi connectivity index (χ3n) is 6.91. The predicted octanol–water partition coefficient (Wildman–Crippen LogP) is 5.69. The molecule has 168 valence electrons. The number of carbonyl (C=O) groups is 3. The second-order valence-corrected chi connectivity index (χ2v) is 12.1. The lowest BCUT2D eigenvalue weighted by atomic mass is 9.81. The van der Waals surface area contributed by atoms with Crippen molar-refractivity contribution >= 4 is 82.8 Å². The number of benzene rings is 1. The van der Waals surface area contributed by atoms with Crippen LogP contribution in [0.5, 0.6) is 0 Å². The maximum absolute atomic E-state index is 12.9. The van der Waals surface area contributed by atoms with Gasteiger partial charge in [0.2, 0.25) is 17.7 Å². The van der Waals surface area contributed by atoms with Gasteiger partial charge in [0.1, 0.15) is 0 Å². The number of nitrogens with one attached hydrogen (secondary N) is 1. The van der Waals surface area contributed by atoms with E-state index in [4.69, 9.17) is 11.6 Å². The van der Waals surface area contributed by atoms with Gasteiger partial charge in [0.25, 0.3) is 0 Å². The molecule has 1 N–H and O–H groups in total. The van der Waals surface area contributed by atoms with Crippen molar-refractivity contribution in [1.82, 2.24) is 4.90 Å². The van der Waals surface area contributed by atoms with Gasteiger partial charge in [-0.15, -0.1) is 0 Å². The number of unbranched alkanes of at least 4 members (excludes halogenated alkanes) is 2. The molecule has 0 unspecified atom stereocenters. The number of anilines is 1. The Morgan fingerprint density at radius 2 is 1.71 bits per heavy atom. The number of amides is 3. The topological polar surface area (TPSA) is 66.5 Å². The number of fused-ring (bicyclic) bond motifs is 5. The van der Waals surface area contributed by atoms with Crippen LogP contribution in [-0.4, -0.2) is 38.8 Å². The van der Waals surface area contributed by atoms with Gasteiger partial charge in [-0.05, 0) is 71.6 Å². The number of imide groups is 1. The summed E-state index contributed by atoms with van der Waals surface area (Å²) in [5.74, 6) is 0.149. The molecule has 0 spiro atoms. The lowest BCUT2D eigenvalue weighted by Gasteiger charge is -2.28. The lowest BCUT2D eigenvalue weighted by Crippen LogP contribution is -2.37. The molecule has 1 aromatic carbocycles. The quantitative estimate of drug-likeness (QED) is 0.237. The molecule has 3 aliphatic rings. The Kier molecular flexibility index (Phi) is 7.21. The summed E-state index contributed by atoms with van der Waals surface area (Å²) in [6, 6.07) is 3.61. The summed E-state index contributed by atoms with van der Waals surface area (Å²) in [5.41, 5.74) is 1.65. The zero-order valence-corrected chi connectivity index (χ0v) is 22.6. The molecule has 1 saturated heterocycles. The van der Waals surface area contributed by atoms with Crippen molar-refractivity contribution in [2.75, 3.05) is 11.9 Å². The largest absolute Gasteiger partial charge is 0.326 e. The molecule has 2 saturated carbocycles. The normalized spacial score (nSPS) is 31.5. The van der Waals surface area contributed by atoms with Gasteiger partial charge < -0.3 is 5.32 Å². The van der Waals surface area contributed by atoms with Gasteiger partial charge in [-0.25, -0.2) is 0 Å². The van der Waals surface area contributed by atoms with Gasteiger partial charge in [-0.2, -0.15) is 0 Å². The van der Waals surface area contributed by atoms with Gasteiger partial charge in [0.05, 0.1) is 16.9 Å². The summed E-state index contributed by atoms with van der Waals surface area (Å²) >= 11 is 16.9. The summed E-state index contributed by atoms with van der Waals surface area (Å²) in [7, 11) is 0. The van der Waals surface area contributed by atoms with Crippen molar-refractivity contribution in [3.63, 3.8) is 0 Å². The van der Waals surface area contributed by atoms with Crippen molar-refractivity contribution in [3.05, 3.63) is 27.2 Å². The fourth-order valence-electron chi connectivity index (χ4n) is 5.36. The first-order chi connectivity index (χ1) is 14.7. The van der Waals surface area contributed by atoms with E-state index < -0.39 is 0 Å². The van der Waals surface area contributed by atoms with E-state index >= 15 is 0 Å². The minimum absolute atomic E-state index is 0.00619. The fraction of sp³-hybridized carbons (Fsp3) is 0.591. The van der Waals surface area contributed by atoms with Crippen molar-refractivity contribution in [1.29, 1.82) is 0 Å². The summed E-state index contributed by atoms with van der Waals surface area (Å²) in [4.78, 5) is 40.0. The Hall–Kier alpha value is -0.440. The van der Waals surface area contributed by atoms with Crippen LogP contribution in [0, 0.1) is 30.6 Å². The number of hydrogen-bond donors (Lipinski definition) is 1. The first-order valence-corrected chi connectivity index (χ1v) is 13.6. The van der Waals surface area contributed by atoms with E-state index in [9.17, 15) is 14.4 Å². The standard InChI is InChI=1S/C22H24Br3ClN2O3/c1-10-7-13(23)14(26)9-15(10)27-16(29)5-3-2-4-6-28-21(30)17-11-8-12(18(17)22(28)31)20(25)19(11)24/h7,9,11-12,17-20H,2-6,8H2,1H3,(H,27,29)/t11-,12+,17-,18-,19-,20+/m0/s1. The van der Waals surface area contributed by atoms with E-state index in [2.05, 4.69) is 53.1 Å². The molecule has 5 nitrogen and oxygen atoms in total. The molecule has 2 aliphatic carbocycles. The van der Waals surface area contributed by atoms with Crippen LogP contribution >= 0.6 is 59.4 Å². The molecule has 1 aromatic rings. The van der Waals surface area contributed by atoms with Crippen molar-refractivity contribution in [2.45, 2.75) is 48.7 Å². The highest BCUT2D eigenvalue weighted by atomic mass is 79.9. The number of nitrogens with zero attached hydrogens (tertiary/aromatic N) is 1. The molecule has 2 bridgehead atoms. The minimum atomic E-state index is -0.151. The van der Waals surface area contributed by atoms with Gasteiger partial charge in [0.15, 0.2) is 0 Å². The van der Waals surface area contributed by atoms with Crippen LogP contribution in [0.2, 0.25) is 5.02 Å². The first kappa shape index (κ1) is 23.7. The molecule has 6 atom stereocenters. The molecule has 3 fully saturated rings. The number of carbonyl (C=O) groups excluding carboxylic acids is 3. The van der Waals surface area contributed by atoms with Gasteiger partial charge >= 0.3 is 0 Å². The third-order valence-corrected chi connectivity index (χ3v) is 11.3. The van der Waals surface area contributed by atoms with Crippen LogP contribution in [-0.2, 0) is 14.4 Å². The smallest absolute Gasteiger partial charge is 0.233 e. The molecular formula is C22H24Br3ClN2O3. The van der Waals surface area contributed by atoms with Crippen LogP contribution in [0.3, 0.4) is 0 Å². The molecule has 3 amide bonds. The van der Waals surface area contributed by atoms with Gasteiger partial charge in [-0.3, -0.25) is 19.3 Å². The SMILES string of the molecule is Cc1cc(Br)c(Cl)cc1NC(=O)CCCCCN1C(=O)[C@H]2[C@@H]3C[C@@H]([C@@H](Br)[C@H]3Br)[C@@H]2C1=O. The number of rotatable bonds is 7. The Bertz CT molecular complexity index is 896. The maximum atomic E-state index is 12.9. The van der Waals surface area contributed by atoms with Crippen LogP contribution in [0.15, 0.2) is 16.6 Å². The van der Waals surface area contributed by atoms with Crippen molar-refractivity contribution in [2.24, 2.45) is 23.7 Å². The molecule has 31 heavy (non-hydrogen) atoms. The highest BCUT2D eigenvalue weighted by Crippen LogP contribution is 2.60. The number of likely N-dealkylation sites (tertiary alicyclic amines) is 1. The Balaban J connectivity index is 1.22. The minimum Gasteiger partial charge on any atom is -0.326 e. The molecule has 4 rings (SSSR count). The van der Waals surface area contributed by atoms with E-state index in [1.807, 2.05) is 13.0 Å². The van der Waals surface area contributed by atoms with E-state index in [0.717, 1.165) is 29.3 Å². The van der Waals surface area contributed by atoms with E-state index in [1.54, 1.807) is 6.07 Å². The molecule has 1 heterocycles. The molecule has 1 aliphatic heterocycles. The molecular weight excluding hydrogens is 615 g/mol. The number of alkyl halides is 2. The highest BCUT2D eigenvalue weighted by molar-refractivity contribution is 9.12. The van der Waals surface area contributed by atoms with Crippen LogP contribution in [0.25, 0.3) is 0 Å². The Labute approximate surface area is 212 Å². The Morgan fingerprint density at radius 1 is 1.10 bits per heavy atom. The fourth-order valence-corrected chi connectivity index (χ4v) is 7.85. The number of halogens is 4. The third kappa shape index (κ3) is 4.38. The summed E-state index contributed by atoms with van der Waals surface area (Å²) in [5, 5.41) is 3.46. The lowest BCUT2D eigenvalue weighted by molar-refractivity contribution is -0.140. The van der Waals surface area contributed by atoms with Crippen LogP contribution in [0.4, 0.5) is 5.69 Å². The average Bonchev–Trinajstić information content (AvgIpc) is 3.32. The van der Waals surface area contributed by atoms with Crippen molar-refractivity contribution < 1.29 is 14.4 Å². The van der Waals surface area contributed by atoms with Crippen LogP contribution in [0.1, 0.15) is 37.7 Å². The van der Waals surface area contributed by atoms with Gasteiger partial charge in [-0.1, -0.05) is 49.9 Å². The molecule has 0 aromatic heterocycles. The number of aryl methyl sites for hydroxylation is 1. The zero-order valence-electron chi connectivity index (χ0n) is 17.0. The zero-order chi connectivity index (χ0) is 22.4. The van der Waals surface area contributed by atoms with E-state index in [0.29, 0.717) is 30.1 Å². The van der Waals surface area contributed by atoms with E-state index in [-0.39, 0.29) is 51.0 Å². The second-order valence-electron chi connectivity index (χ2n) is 8.77. The van der Waals surface area contributed by atoms with E-state index in [1.165, 1.54) is 4.90 Å². The highest BCUT2D eigenvalue weighted by Gasteiger charge is 2.66. The monoisotopic (exact) mass is 636 g/mol. The summed E-state index contributed by atoms with van der Waals surface area (Å²) in [6.45, 7) is 2.37. The van der Waals surface area contributed by atoms with Crippen LogP contribution < -0.4 is 5.32 Å². The summed E-state index contributed by atoms with van der Waals surface area (Å²) in [6.07, 6.45) is 3.55. The molecule has 0 radical (unpaired) electrons. The second kappa shape index (κ2) is 9.43. The summed E-state index contributed by atoms with van der Waals surface area (Å²) < 4.78 is 0.797.